The summed E-state index contributed by atoms with van der Waals surface area (Å²) < 4.78 is 5.77. The number of nitrogens with two attached hydrogens (primary N) is 1. The first kappa shape index (κ1) is 22.7. The van der Waals surface area contributed by atoms with Crippen LogP contribution in [0.25, 0.3) is 0 Å². The van der Waals surface area contributed by atoms with Gasteiger partial charge in [0.05, 0.1) is 24.9 Å². The van der Waals surface area contributed by atoms with E-state index in [0.717, 1.165) is 12.2 Å². The van der Waals surface area contributed by atoms with E-state index in [0.29, 0.717) is 18.6 Å². The van der Waals surface area contributed by atoms with E-state index in [1.165, 1.54) is 44.9 Å². The standard InChI is InChI=1S/C22H37NO3/c1-3-5-6-7-8-9-10-11-17-26-20-14-12-19(13-15-20)21(25)22(23,18-24)16-4-2/h4,12-15,21,24-25H,2-3,5-11,16-18,23H2,1H3. The molecule has 26 heavy (non-hydrogen) atoms. The summed E-state index contributed by atoms with van der Waals surface area (Å²) in [6.07, 6.45) is 11.2. The van der Waals surface area contributed by atoms with Crippen LogP contribution in [0.5, 0.6) is 5.75 Å². The number of ether oxygens (including phenoxy) is 1. The average molecular weight is 364 g/mol. The lowest BCUT2D eigenvalue weighted by Gasteiger charge is -2.31. The van der Waals surface area contributed by atoms with Crippen LogP contribution in [0.2, 0.25) is 0 Å². The van der Waals surface area contributed by atoms with Gasteiger partial charge in [0.2, 0.25) is 0 Å². The third-order valence-corrected chi connectivity index (χ3v) is 4.83. The molecule has 0 fully saturated rings. The van der Waals surface area contributed by atoms with Crippen LogP contribution in [0, 0.1) is 0 Å². The first-order chi connectivity index (χ1) is 12.6. The molecule has 4 N–H and O–H groups in total. The van der Waals surface area contributed by atoms with Gasteiger partial charge in [-0.25, -0.2) is 0 Å². The molecule has 0 heterocycles. The highest BCUT2D eigenvalue weighted by atomic mass is 16.5. The van der Waals surface area contributed by atoms with Gasteiger partial charge in [0, 0.05) is 0 Å². The van der Waals surface area contributed by atoms with Crippen molar-refractivity contribution in [1.29, 1.82) is 0 Å². The second kappa shape index (κ2) is 12.9. The lowest BCUT2D eigenvalue weighted by atomic mass is 9.86. The molecule has 0 aromatic heterocycles. The van der Waals surface area contributed by atoms with E-state index in [2.05, 4.69) is 13.5 Å². The molecule has 0 radical (unpaired) electrons. The Morgan fingerprint density at radius 3 is 2.19 bits per heavy atom. The molecular formula is C22H37NO3. The Morgan fingerprint density at radius 1 is 1.08 bits per heavy atom. The van der Waals surface area contributed by atoms with Crippen LogP contribution in [-0.4, -0.2) is 29.0 Å². The maximum atomic E-state index is 10.4. The minimum atomic E-state index is -1.11. The molecule has 0 aliphatic rings. The number of hydrogen-bond acceptors (Lipinski definition) is 4. The Morgan fingerprint density at radius 2 is 1.65 bits per heavy atom. The molecule has 4 heteroatoms. The molecule has 2 unspecified atom stereocenters. The zero-order valence-electron chi connectivity index (χ0n) is 16.3. The Balaban J connectivity index is 2.31. The quantitative estimate of drug-likeness (QED) is 0.317. The van der Waals surface area contributed by atoms with Crippen molar-refractivity contribution in [3.05, 3.63) is 42.5 Å². The second-order valence-corrected chi connectivity index (χ2v) is 7.18. The summed E-state index contributed by atoms with van der Waals surface area (Å²) in [7, 11) is 0. The van der Waals surface area contributed by atoms with Gasteiger partial charge in [0.15, 0.2) is 0 Å². The largest absolute Gasteiger partial charge is 0.494 e. The highest BCUT2D eigenvalue weighted by Crippen LogP contribution is 2.28. The fourth-order valence-electron chi connectivity index (χ4n) is 3.04. The van der Waals surface area contributed by atoms with Crippen molar-refractivity contribution < 1.29 is 14.9 Å². The highest BCUT2D eigenvalue weighted by molar-refractivity contribution is 5.30. The number of unbranched alkanes of at least 4 members (excludes halogenated alkanes) is 7. The molecule has 1 aromatic carbocycles. The van der Waals surface area contributed by atoms with Crippen LogP contribution in [0.4, 0.5) is 0 Å². The van der Waals surface area contributed by atoms with Gasteiger partial charge >= 0.3 is 0 Å². The molecule has 1 aromatic rings. The maximum absolute atomic E-state index is 10.4. The molecule has 0 spiro atoms. The van der Waals surface area contributed by atoms with E-state index in [1.807, 2.05) is 12.1 Å². The van der Waals surface area contributed by atoms with Crippen molar-refractivity contribution >= 4 is 0 Å². The molecule has 0 saturated heterocycles. The molecule has 1 rings (SSSR count). The van der Waals surface area contributed by atoms with Crippen LogP contribution >= 0.6 is 0 Å². The summed E-state index contributed by atoms with van der Waals surface area (Å²) >= 11 is 0. The first-order valence-electron chi connectivity index (χ1n) is 9.99. The number of benzene rings is 1. The van der Waals surface area contributed by atoms with E-state index in [-0.39, 0.29) is 6.61 Å². The van der Waals surface area contributed by atoms with Crippen LogP contribution < -0.4 is 10.5 Å². The molecular weight excluding hydrogens is 326 g/mol. The summed E-state index contributed by atoms with van der Waals surface area (Å²) in [6, 6.07) is 7.28. The molecule has 2 atom stereocenters. The summed E-state index contributed by atoms with van der Waals surface area (Å²) in [5.41, 5.74) is 5.64. The predicted molar refractivity (Wildman–Crippen MR) is 108 cm³/mol. The fourth-order valence-corrected chi connectivity index (χ4v) is 3.04. The molecule has 0 amide bonds. The van der Waals surface area contributed by atoms with Crippen LogP contribution in [-0.2, 0) is 0 Å². The second-order valence-electron chi connectivity index (χ2n) is 7.18. The summed E-state index contributed by atoms with van der Waals surface area (Å²) in [6.45, 7) is 6.28. The monoisotopic (exact) mass is 363 g/mol. The van der Waals surface area contributed by atoms with Gasteiger partial charge in [-0.05, 0) is 30.5 Å². The van der Waals surface area contributed by atoms with Crippen molar-refractivity contribution in [3.8, 4) is 5.75 Å². The third kappa shape index (κ3) is 7.90. The fraction of sp³-hybridized carbons (Fsp3) is 0.636. The van der Waals surface area contributed by atoms with E-state index >= 15 is 0 Å². The summed E-state index contributed by atoms with van der Waals surface area (Å²) in [4.78, 5) is 0. The smallest absolute Gasteiger partial charge is 0.119 e. The van der Waals surface area contributed by atoms with Crippen molar-refractivity contribution in [2.75, 3.05) is 13.2 Å². The van der Waals surface area contributed by atoms with Crippen LogP contribution in [0.3, 0.4) is 0 Å². The van der Waals surface area contributed by atoms with Gasteiger partial charge in [0.25, 0.3) is 0 Å². The molecule has 0 saturated carbocycles. The van der Waals surface area contributed by atoms with Gasteiger partial charge in [-0.1, -0.05) is 70.1 Å². The van der Waals surface area contributed by atoms with Crippen molar-refractivity contribution in [1.82, 2.24) is 0 Å². The van der Waals surface area contributed by atoms with Gasteiger partial charge in [0.1, 0.15) is 5.75 Å². The van der Waals surface area contributed by atoms with Gasteiger partial charge < -0.3 is 20.7 Å². The normalized spacial score (nSPS) is 14.6. The van der Waals surface area contributed by atoms with Crippen molar-refractivity contribution in [2.24, 2.45) is 5.73 Å². The van der Waals surface area contributed by atoms with E-state index in [9.17, 15) is 10.2 Å². The summed E-state index contributed by atoms with van der Waals surface area (Å²) in [5, 5.41) is 19.9. The van der Waals surface area contributed by atoms with E-state index in [4.69, 9.17) is 10.5 Å². The number of rotatable bonds is 15. The van der Waals surface area contributed by atoms with E-state index in [1.54, 1.807) is 18.2 Å². The van der Waals surface area contributed by atoms with Gasteiger partial charge in [-0.15, -0.1) is 6.58 Å². The van der Waals surface area contributed by atoms with Gasteiger partial charge in [-0.2, -0.15) is 0 Å². The minimum absolute atomic E-state index is 0.309. The molecule has 0 aliphatic carbocycles. The van der Waals surface area contributed by atoms with Crippen LogP contribution in [0.15, 0.2) is 36.9 Å². The zero-order chi connectivity index (χ0) is 19.3. The Labute approximate surface area is 159 Å². The molecule has 4 nitrogen and oxygen atoms in total. The number of aliphatic hydroxyl groups is 2. The highest BCUT2D eigenvalue weighted by Gasteiger charge is 2.33. The number of aliphatic hydroxyl groups excluding tert-OH is 2. The minimum Gasteiger partial charge on any atom is -0.494 e. The van der Waals surface area contributed by atoms with Crippen LogP contribution in [0.1, 0.15) is 76.4 Å². The van der Waals surface area contributed by atoms with Gasteiger partial charge in [-0.3, -0.25) is 0 Å². The Hall–Kier alpha value is -1.36. The maximum Gasteiger partial charge on any atom is 0.119 e. The molecule has 0 bridgehead atoms. The first-order valence-corrected chi connectivity index (χ1v) is 9.99. The van der Waals surface area contributed by atoms with E-state index < -0.39 is 11.6 Å². The third-order valence-electron chi connectivity index (χ3n) is 4.83. The summed E-state index contributed by atoms with van der Waals surface area (Å²) in [5.74, 6) is 0.791. The number of hydrogen-bond donors (Lipinski definition) is 3. The lowest BCUT2D eigenvalue weighted by molar-refractivity contribution is 0.0435. The SMILES string of the molecule is C=CCC(N)(CO)C(O)c1ccc(OCCCCCCCCCC)cc1. The lowest BCUT2D eigenvalue weighted by Crippen LogP contribution is -2.48. The van der Waals surface area contributed by atoms with Crippen molar-refractivity contribution in [2.45, 2.75) is 76.4 Å². The Bertz CT molecular complexity index is 489. The topological polar surface area (TPSA) is 75.7 Å². The predicted octanol–water partition coefficient (Wildman–Crippen LogP) is 4.51. The average Bonchev–Trinajstić information content (AvgIpc) is 2.66. The molecule has 0 aliphatic heterocycles. The molecule has 148 valence electrons. The van der Waals surface area contributed by atoms with Crippen molar-refractivity contribution in [3.63, 3.8) is 0 Å². The Kier molecular flexibility index (Phi) is 11.3. The zero-order valence-corrected chi connectivity index (χ0v) is 16.3.